The summed E-state index contributed by atoms with van der Waals surface area (Å²) in [6, 6.07) is 3.71. The first-order valence-corrected chi connectivity index (χ1v) is 3.38. The molecule has 0 atom stereocenters. The normalized spacial score (nSPS) is 10.9. The van der Waals surface area contributed by atoms with Crippen molar-refractivity contribution in [1.29, 1.82) is 5.26 Å². The first-order valence-electron chi connectivity index (χ1n) is 3.38. The van der Waals surface area contributed by atoms with E-state index in [0.29, 0.717) is 6.07 Å². The van der Waals surface area contributed by atoms with Gasteiger partial charge in [0, 0.05) is 0 Å². The second-order valence-electron chi connectivity index (χ2n) is 2.46. The number of nitrogens with zero attached hydrogens (tertiary/aromatic N) is 1. The summed E-state index contributed by atoms with van der Waals surface area (Å²) in [5, 5.41) is 17.3. The Kier molecular flexibility index (Phi) is 2.19. The van der Waals surface area contributed by atoms with Gasteiger partial charge in [-0.1, -0.05) is 12.1 Å². The average molecular weight is 186 g/mol. The van der Waals surface area contributed by atoms with Gasteiger partial charge in [-0.15, -0.1) is 5.46 Å². The molecule has 0 heterocycles. The molecule has 0 aliphatic heterocycles. The summed E-state index contributed by atoms with van der Waals surface area (Å²) in [5.41, 5.74) is -1.24. The van der Waals surface area contributed by atoms with Crippen LogP contribution in [0.4, 0.5) is 12.9 Å². The Hall–Kier alpha value is -1.64. The molecule has 0 bridgehead atoms. The Morgan fingerprint density at radius 2 is 1.92 bits per heavy atom. The van der Waals surface area contributed by atoms with Crippen LogP contribution < -0.4 is 5.46 Å². The third-order valence-electron chi connectivity index (χ3n) is 1.52. The molecular weight excluding hydrogens is 182 g/mol. The minimum atomic E-state index is -5.11. The molecule has 0 spiro atoms. The Morgan fingerprint density at radius 3 is 2.38 bits per heavy atom. The Morgan fingerprint density at radius 1 is 1.31 bits per heavy atom. The summed E-state index contributed by atoms with van der Waals surface area (Å²) in [4.78, 5) is 0. The zero-order valence-corrected chi connectivity index (χ0v) is 6.34. The fourth-order valence-electron chi connectivity index (χ4n) is 0.847. The number of nitriles is 1. The second-order valence-corrected chi connectivity index (χ2v) is 2.46. The van der Waals surface area contributed by atoms with Crippen LogP contribution in [-0.4, -0.2) is 12.1 Å². The fourth-order valence-corrected chi connectivity index (χ4v) is 0.847. The number of rotatable bonds is 1. The summed E-state index contributed by atoms with van der Waals surface area (Å²) >= 11 is 0. The third kappa shape index (κ3) is 1.93. The van der Waals surface area contributed by atoms with E-state index in [2.05, 4.69) is 0 Å². The van der Waals surface area contributed by atoms with Crippen molar-refractivity contribution in [1.82, 2.24) is 0 Å². The quantitative estimate of drug-likeness (QED) is 0.672. The van der Waals surface area contributed by atoms with E-state index in [9.17, 15) is 12.9 Å². The molecule has 68 valence electrons. The van der Waals surface area contributed by atoms with Crippen LogP contribution in [0.15, 0.2) is 18.2 Å². The molecule has 0 radical (unpaired) electrons. The summed E-state index contributed by atoms with van der Waals surface area (Å²) < 4.78 is 36.3. The molecule has 0 unspecified atom stereocenters. The predicted octanol–water partition coefficient (Wildman–Crippen LogP) is 1.32. The van der Waals surface area contributed by atoms with Gasteiger partial charge < -0.3 is 18.1 Å². The van der Waals surface area contributed by atoms with Gasteiger partial charge >= 0.3 is 6.98 Å². The molecule has 0 aliphatic rings. The lowest BCUT2D eigenvalue weighted by atomic mass is 9.79. The van der Waals surface area contributed by atoms with Gasteiger partial charge in [0.05, 0.1) is 5.56 Å². The van der Waals surface area contributed by atoms with Crippen LogP contribution in [0.1, 0.15) is 5.56 Å². The van der Waals surface area contributed by atoms with E-state index in [4.69, 9.17) is 10.4 Å². The largest absolute Gasteiger partial charge is 0.509 e. The molecule has 2 nitrogen and oxygen atoms in total. The van der Waals surface area contributed by atoms with Crippen LogP contribution >= 0.6 is 0 Å². The number of halogens is 3. The second kappa shape index (κ2) is 3.01. The van der Waals surface area contributed by atoms with E-state index in [1.54, 1.807) is 0 Å². The van der Waals surface area contributed by atoms with Crippen molar-refractivity contribution >= 4 is 12.4 Å². The lowest BCUT2D eigenvalue weighted by Gasteiger charge is -2.14. The van der Waals surface area contributed by atoms with Crippen molar-refractivity contribution in [3.05, 3.63) is 23.8 Å². The van der Waals surface area contributed by atoms with E-state index in [1.165, 1.54) is 6.07 Å². The van der Waals surface area contributed by atoms with Crippen LogP contribution in [0.25, 0.3) is 0 Å². The molecule has 13 heavy (non-hydrogen) atoms. The van der Waals surface area contributed by atoms with Crippen molar-refractivity contribution in [2.45, 2.75) is 0 Å². The minimum absolute atomic E-state index is 0.364. The maximum Gasteiger partial charge on any atom is 0.509 e. The van der Waals surface area contributed by atoms with Gasteiger partial charge in [-0.3, -0.25) is 0 Å². The van der Waals surface area contributed by atoms with E-state index >= 15 is 0 Å². The smallest absolute Gasteiger partial charge is 0.507 e. The number of benzene rings is 1. The zero-order valence-electron chi connectivity index (χ0n) is 6.34. The number of hydrogen-bond donors (Lipinski definition) is 1. The molecule has 0 amide bonds. The maximum absolute atomic E-state index is 12.1. The Bertz CT molecular complexity index is 369. The summed E-state index contributed by atoms with van der Waals surface area (Å²) in [5.74, 6) is -0.439. The molecule has 1 aromatic carbocycles. The first-order chi connectivity index (χ1) is 5.95. The average Bonchev–Trinajstić information content (AvgIpc) is 2.03. The van der Waals surface area contributed by atoms with E-state index in [-0.39, 0.29) is 5.56 Å². The van der Waals surface area contributed by atoms with Crippen molar-refractivity contribution < 1.29 is 18.1 Å². The monoisotopic (exact) mass is 186 g/mol. The molecule has 1 N–H and O–H groups in total. The third-order valence-corrected chi connectivity index (χ3v) is 1.52. The highest BCUT2D eigenvalue weighted by Gasteiger charge is 2.25. The summed E-state index contributed by atoms with van der Waals surface area (Å²) in [6.45, 7) is -5.11. The molecule has 0 fully saturated rings. The molecule has 1 rings (SSSR count). The van der Waals surface area contributed by atoms with Gasteiger partial charge in [0.25, 0.3) is 0 Å². The van der Waals surface area contributed by atoms with Crippen LogP contribution in [0.2, 0.25) is 0 Å². The molecule has 1 aromatic rings. The van der Waals surface area contributed by atoms with Gasteiger partial charge in [0.2, 0.25) is 0 Å². The number of hydrogen-bond acceptors (Lipinski definition) is 2. The topological polar surface area (TPSA) is 44.0 Å². The fraction of sp³-hybridized carbons (Fsp3) is 0. The molecule has 0 aromatic heterocycles. The minimum Gasteiger partial charge on any atom is -0.507 e. The zero-order chi connectivity index (χ0) is 10.1. The van der Waals surface area contributed by atoms with Crippen LogP contribution in [0.5, 0.6) is 5.75 Å². The van der Waals surface area contributed by atoms with Crippen molar-refractivity contribution in [2.75, 3.05) is 0 Å². The maximum atomic E-state index is 12.1. The highest BCUT2D eigenvalue weighted by Crippen LogP contribution is 2.16. The van der Waals surface area contributed by atoms with Gasteiger partial charge in [-0.25, -0.2) is 0 Å². The van der Waals surface area contributed by atoms with Crippen LogP contribution in [-0.2, 0) is 0 Å². The number of aromatic hydroxyl groups is 1. The highest BCUT2D eigenvalue weighted by atomic mass is 19.4. The van der Waals surface area contributed by atoms with Crippen molar-refractivity contribution in [3.63, 3.8) is 0 Å². The van der Waals surface area contributed by atoms with Gasteiger partial charge in [0.1, 0.15) is 11.8 Å². The van der Waals surface area contributed by atoms with E-state index in [1.807, 2.05) is 0 Å². The molecule has 0 saturated heterocycles. The van der Waals surface area contributed by atoms with Crippen molar-refractivity contribution in [2.24, 2.45) is 0 Å². The number of phenols is 1. The lowest BCUT2D eigenvalue weighted by Crippen LogP contribution is -2.33. The lowest BCUT2D eigenvalue weighted by molar-refractivity contribution is 0.473. The first kappa shape index (κ1) is 9.45. The van der Waals surface area contributed by atoms with Crippen molar-refractivity contribution in [3.8, 4) is 11.8 Å². The van der Waals surface area contributed by atoms with Crippen LogP contribution in [0.3, 0.4) is 0 Å². The molecule has 0 saturated carbocycles. The van der Waals surface area contributed by atoms with E-state index < -0.39 is 18.2 Å². The highest BCUT2D eigenvalue weighted by molar-refractivity contribution is 6.73. The van der Waals surface area contributed by atoms with Gasteiger partial charge in [0.15, 0.2) is 0 Å². The summed E-state index contributed by atoms with van der Waals surface area (Å²) in [6.07, 6.45) is 0. The predicted molar refractivity (Wildman–Crippen MR) is 41.5 cm³/mol. The molecular formula is C7H4BF3NO-. The van der Waals surface area contributed by atoms with Crippen LogP contribution in [0, 0.1) is 11.3 Å². The summed E-state index contributed by atoms with van der Waals surface area (Å²) in [7, 11) is 0. The van der Waals surface area contributed by atoms with E-state index in [0.717, 1.165) is 12.1 Å². The number of phenolic OH excluding ortho intramolecular Hbond substituents is 1. The Balaban J connectivity index is 3.24. The molecule has 0 aliphatic carbocycles. The van der Waals surface area contributed by atoms with Gasteiger partial charge in [-0.2, -0.15) is 5.26 Å². The van der Waals surface area contributed by atoms with Gasteiger partial charge in [-0.05, 0) is 6.07 Å². The molecule has 6 heteroatoms. The standard InChI is InChI=1S/C7H4BF3NO/c9-8(10,11)6-1-2-7(13)5(3-6)4-12/h1-3,13H/q-1. The Labute approximate surface area is 72.3 Å². The SMILES string of the molecule is N#Cc1cc([B-](F)(F)F)ccc1O.